The molecule has 182 valence electrons. The lowest BCUT2D eigenvalue weighted by Crippen LogP contribution is -2.56. The predicted molar refractivity (Wildman–Crippen MR) is 120 cm³/mol. The van der Waals surface area contributed by atoms with Crippen molar-refractivity contribution in [2.24, 2.45) is 23.2 Å². The molecule has 9 heteroatoms. The van der Waals surface area contributed by atoms with E-state index in [4.69, 9.17) is 4.42 Å². The van der Waals surface area contributed by atoms with Crippen molar-refractivity contribution in [1.29, 1.82) is 0 Å². The quantitative estimate of drug-likeness (QED) is 0.629. The van der Waals surface area contributed by atoms with Crippen molar-refractivity contribution < 1.29 is 27.2 Å². The molecule has 8 nitrogen and oxygen atoms in total. The lowest BCUT2D eigenvalue weighted by Gasteiger charge is -2.55. The van der Waals surface area contributed by atoms with E-state index in [0.29, 0.717) is 42.8 Å². The zero-order chi connectivity index (χ0) is 23.4. The van der Waals surface area contributed by atoms with Crippen LogP contribution in [0.1, 0.15) is 73.9 Å². The van der Waals surface area contributed by atoms with E-state index in [9.17, 15) is 18.0 Å². The van der Waals surface area contributed by atoms with Gasteiger partial charge in [-0.1, -0.05) is 6.42 Å². The molecule has 1 N–H and O–H groups in total. The summed E-state index contributed by atoms with van der Waals surface area (Å²) in [5.41, 5.74) is 0.171. The number of ether oxygens (including phenoxy) is 1. The molecule has 4 saturated carbocycles. The molecule has 33 heavy (non-hydrogen) atoms. The van der Waals surface area contributed by atoms with Crippen molar-refractivity contribution in [3.8, 4) is 0 Å². The highest BCUT2D eigenvalue weighted by Gasteiger charge is 2.54. The van der Waals surface area contributed by atoms with Crippen LogP contribution in [0.25, 0.3) is 0 Å². The van der Waals surface area contributed by atoms with Crippen LogP contribution < -0.4 is 5.32 Å². The van der Waals surface area contributed by atoms with Gasteiger partial charge < -0.3 is 14.5 Å². The van der Waals surface area contributed by atoms with E-state index in [-0.39, 0.29) is 28.2 Å². The smallest absolute Gasteiger partial charge is 0.374 e. The van der Waals surface area contributed by atoms with Crippen LogP contribution in [0, 0.1) is 30.1 Å². The van der Waals surface area contributed by atoms with Gasteiger partial charge in [-0.3, -0.25) is 4.79 Å². The number of hydrogen-bond donors (Lipinski definition) is 1. The predicted octanol–water partition coefficient (Wildman–Crippen LogP) is 3.25. The second kappa shape index (κ2) is 8.41. The first-order valence-corrected chi connectivity index (χ1v) is 13.6. The van der Waals surface area contributed by atoms with Crippen molar-refractivity contribution in [2.45, 2.75) is 75.8 Å². The first-order chi connectivity index (χ1) is 15.7. The highest BCUT2D eigenvalue weighted by Crippen LogP contribution is 2.60. The molecule has 6 rings (SSSR count). The van der Waals surface area contributed by atoms with Crippen LogP contribution in [-0.2, 0) is 19.6 Å². The number of nitrogens with zero attached hydrogens (tertiary/aromatic N) is 1. The summed E-state index contributed by atoms with van der Waals surface area (Å²) >= 11 is 0. The first kappa shape index (κ1) is 22.9. The Balaban J connectivity index is 1.30. The number of carbonyl (C=O) groups is 2. The van der Waals surface area contributed by atoms with Gasteiger partial charge in [0.25, 0.3) is 10.0 Å². The van der Waals surface area contributed by atoms with Crippen LogP contribution in [0.5, 0.6) is 0 Å². The zero-order valence-corrected chi connectivity index (χ0v) is 20.3. The Morgan fingerprint density at radius 3 is 2.39 bits per heavy atom. The summed E-state index contributed by atoms with van der Waals surface area (Å²) in [5.74, 6) is 1.36. The number of piperidine rings is 1. The van der Waals surface area contributed by atoms with Gasteiger partial charge in [0.05, 0.1) is 7.11 Å². The van der Waals surface area contributed by atoms with Gasteiger partial charge in [0.2, 0.25) is 16.8 Å². The summed E-state index contributed by atoms with van der Waals surface area (Å²) < 4.78 is 38.4. The number of amides is 1. The minimum atomic E-state index is -3.94. The Bertz CT molecular complexity index is 1010. The highest BCUT2D eigenvalue weighted by molar-refractivity contribution is 7.89. The molecular weight excluding hydrogens is 444 g/mol. The minimum Gasteiger partial charge on any atom is -0.463 e. The largest absolute Gasteiger partial charge is 0.463 e. The summed E-state index contributed by atoms with van der Waals surface area (Å²) in [6, 6.07) is 1.05. The fraction of sp³-hybridized carbons (Fsp3) is 0.750. The number of rotatable bonds is 6. The van der Waals surface area contributed by atoms with Crippen LogP contribution in [0.2, 0.25) is 0 Å². The molecule has 1 unspecified atom stereocenters. The van der Waals surface area contributed by atoms with Crippen LogP contribution in [0.3, 0.4) is 0 Å². The molecule has 1 aromatic heterocycles. The number of hydrogen-bond acceptors (Lipinski definition) is 6. The summed E-state index contributed by atoms with van der Waals surface area (Å²) in [7, 11) is -2.71. The van der Waals surface area contributed by atoms with Crippen LogP contribution in [0.4, 0.5) is 0 Å². The molecule has 4 aliphatic carbocycles. The third-order valence-corrected chi connectivity index (χ3v) is 10.2. The average Bonchev–Trinajstić information content (AvgIpc) is 3.18. The number of carbonyl (C=O) groups excluding carboxylic acids is 2. The SMILES string of the molecule is COC(=O)c1oc(S(=O)(=O)N2CCCCC2CNC(=O)C23CC4CC(CC(C4)C2)C3)cc1C. The maximum absolute atomic E-state index is 13.4. The summed E-state index contributed by atoms with van der Waals surface area (Å²) in [4.78, 5) is 25.3. The normalized spacial score (nSPS) is 33.8. The van der Waals surface area contributed by atoms with Crippen molar-refractivity contribution >= 4 is 21.9 Å². The summed E-state index contributed by atoms with van der Waals surface area (Å²) in [6.45, 7) is 2.30. The van der Waals surface area contributed by atoms with Gasteiger partial charge in [-0.25, -0.2) is 13.2 Å². The molecule has 1 amide bonds. The standard InChI is InChI=1S/C24H34N2O6S/c1-15-7-20(32-21(15)22(27)31-2)33(29,30)26-6-4-3-5-19(26)14-25-23(28)24-11-16-8-17(12-24)10-18(9-16)13-24/h7,16-19H,3-6,8-14H2,1-2H3,(H,25,28). The molecule has 0 spiro atoms. The second-order valence-electron chi connectivity index (χ2n) is 10.7. The first-order valence-electron chi connectivity index (χ1n) is 12.2. The Morgan fingerprint density at radius 1 is 1.15 bits per heavy atom. The second-order valence-corrected chi connectivity index (χ2v) is 12.6. The third-order valence-electron chi connectivity index (χ3n) is 8.42. The monoisotopic (exact) mass is 478 g/mol. The van der Waals surface area contributed by atoms with Gasteiger partial charge in [0.15, 0.2) is 0 Å². The van der Waals surface area contributed by atoms with Crippen molar-refractivity contribution in [3.63, 3.8) is 0 Å². The highest BCUT2D eigenvalue weighted by atomic mass is 32.2. The number of nitrogens with one attached hydrogen (secondary N) is 1. The molecule has 0 aromatic carbocycles. The fourth-order valence-electron chi connectivity index (χ4n) is 7.27. The van der Waals surface area contributed by atoms with E-state index in [1.165, 1.54) is 36.7 Å². The maximum Gasteiger partial charge on any atom is 0.374 e. The molecule has 1 atom stereocenters. The van der Waals surface area contributed by atoms with Gasteiger partial charge in [0.1, 0.15) is 0 Å². The number of esters is 1. The van der Waals surface area contributed by atoms with Crippen LogP contribution in [-0.4, -0.2) is 50.8 Å². The van der Waals surface area contributed by atoms with Gasteiger partial charge >= 0.3 is 5.97 Å². The number of sulfonamides is 1. The van der Waals surface area contributed by atoms with E-state index in [0.717, 1.165) is 32.1 Å². The van der Waals surface area contributed by atoms with Gasteiger partial charge in [-0.15, -0.1) is 0 Å². The van der Waals surface area contributed by atoms with Crippen molar-refractivity contribution in [3.05, 3.63) is 17.4 Å². The van der Waals surface area contributed by atoms with E-state index in [1.54, 1.807) is 6.92 Å². The molecule has 2 heterocycles. The average molecular weight is 479 g/mol. The van der Waals surface area contributed by atoms with Crippen molar-refractivity contribution in [2.75, 3.05) is 20.2 Å². The number of furan rings is 1. The van der Waals surface area contributed by atoms with Gasteiger partial charge in [-0.05, 0) is 76.0 Å². The zero-order valence-electron chi connectivity index (χ0n) is 19.5. The van der Waals surface area contributed by atoms with E-state index in [1.807, 2.05) is 0 Å². The molecule has 5 fully saturated rings. The number of methoxy groups -OCH3 is 1. The fourth-order valence-corrected chi connectivity index (χ4v) is 8.96. The minimum absolute atomic E-state index is 0.0975. The Kier molecular flexibility index (Phi) is 5.84. The molecule has 1 aliphatic heterocycles. The Morgan fingerprint density at radius 2 is 1.79 bits per heavy atom. The molecule has 1 aromatic rings. The molecular formula is C24H34N2O6S. The third kappa shape index (κ3) is 4.01. The number of aryl methyl sites for hydroxylation is 1. The lowest BCUT2D eigenvalue weighted by molar-refractivity contribution is -0.146. The van der Waals surface area contributed by atoms with E-state index in [2.05, 4.69) is 10.1 Å². The molecule has 5 aliphatic rings. The van der Waals surface area contributed by atoms with Crippen LogP contribution >= 0.6 is 0 Å². The maximum atomic E-state index is 13.4. The van der Waals surface area contributed by atoms with E-state index >= 15 is 0 Å². The molecule has 0 radical (unpaired) electrons. The van der Waals surface area contributed by atoms with Gasteiger partial charge in [0, 0.05) is 36.2 Å². The van der Waals surface area contributed by atoms with Crippen molar-refractivity contribution in [1.82, 2.24) is 9.62 Å². The van der Waals surface area contributed by atoms with Crippen LogP contribution in [0.15, 0.2) is 15.6 Å². The summed E-state index contributed by atoms with van der Waals surface area (Å²) in [5, 5.41) is 2.91. The molecule has 1 saturated heterocycles. The van der Waals surface area contributed by atoms with E-state index < -0.39 is 16.0 Å². The summed E-state index contributed by atoms with van der Waals surface area (Å²) in [6.07, 6.45) is 9.13. The Hall–Kier alpha value is -1.87. The molecule has 4 bridgehead atoms. The lowest BCUT2D eigenvalue weighted by atomic mass is 9.49. The van der Waals surface area contributed by atoms with Gasteiger partial charge in [-0.2, -0.15) is 4.31 Å². The topological polar surface area (TPSA) is 106 Å². The Labute approximate surface area is 195 Å².